The van der Waals surface area contributed by atoms with Gasteiger partial charge in [0.2, 0.25) is 5.82 Å². The monoisotopic (exact) mass is 439 g/mol. The molecule has 0 aliphatic heterocycles. The molecule has 1 N–H and O–H groups in total. The molecule has 33 heavy (non-hydrogen) atoms. The number of nitrogens with one attached hydrogen (secondary N) is 1. The maximum atomic E-state index is 12.6. The molecule has 10 nitrogen and oxygen atoms in total. The lowest BCUT2D eigenvalue weighted by atomic mass is 10.1. The number of carbonyl (C=O) groups is 1. The van der Waals surface area contributed by atoms with E-state index in [1.807, 2.05) is 42.5 Å². The van der Waals surface area contributed by atoms with Gasteiger partial charge in [0.15, 0.2) is 12.4 Å². The van der Waals surface area contributed by atoms with E-state index in [2.05, 4.69) is 50.0 Å². The third-order valence-electron chi connectivity index (χ3n) is 4.95. The fraction of sp³-hybridized carbons (Fsp3) is 0.130. The first-order valence-electron chi connectivity index (χ1n) is 10.4. The highest BCUT2D eigenvalue weighted by molar-refractivity contribution is 6.02. The summed E-state index contributed by atoms with van der Waals surface area (Å²) in [7, 11) is 0. The standard InChI is InChI=1S/C23H21N9O/c1-17-6-5-7-18(12-17)14-31-15-20(13-24-31)25-23(33)21-10-11-30(27-21)16-32-28-22(26-29-32)19-8-3-2-4-9-19/h2-13,15H,14,16H2,1H3,(H,25,33). The van der Waals surface area contributed by atoms with Crippen molar-refractivity contribution in [2.24, 2.45) is 0 Å². The second kappa shape index (κ2) is 8.87. The molecular weight excluding hydrogens is 418 g/mol. The number of rotatable bonds is 7. The molecular formula is C23H21N9O. The summed E-state index contributed by atoms with van der Waals surface area (Å²) in [5, 5.41) is 24.0. The van der Waals surface area contributed by atoms with Gasteiger partial charge in [-0.3, -0.25) is 9.48 Å². The van der Waals surface area contributed by atoms with Crippen LogP contribution in [0.1, 0.15) is 21.6 Å². The number of hydrogen-bond acceptors (Lipinski definition) is 6. The van der Waals surface area contributed by atoms with Crippen molar-refractivity contribution in [3.8, 4) is 11.4 Å². The van der Waals surface area contributed by atoms with E-state index in [1.54, 1.807) is 34.0 Å². The molecule has 5 rings (SSSR count). The van der Waals surface area contributed by atoms with Crippen LogP contribution in [-0.2, 0) is 13.2 Å². The van der Waals surface area contributed by atoms with Crippen molar-refractivity contribution < 1.29 is 4.79 Å². The fourth-order valence-electron chi connectivity index (χ4n) is 3.40. The van der Waals surface area contributed by atoms with Crippen LogP contribution in [-0.4, -0.2) is 45.7 Å². The third kappa shape index (κ3) is 4.85. The van der Waals surface area contributed by atoms with Gasteiger partial charge in [-0.25, -0.2) is 4.68 Å². The van der Waals surface area contributed by atoms with Gasteiger partial charge >= 0.3 is 0 Å². The molecule has 3 heterocycles. The first-order chi connectivity index (χ1) is 16.1. The summed E-state index contributed by atoms with van der Waals surface area (Å²) in [5.74, 6) is 0.212. The van der Waals surface area contributed by atoms with Crippen LogP contribution in [0.5, 0.6) is 0 Å². The number of nitrogens with zero attached hydrogens (tertiary/aromatic N) is 8. The van der Waals surface area contributed by atoms with Crippen molar-refractivity contribution in [1.29, 1.82) is 0 Å². The molecule has 3 aromatic heterocycles. The van der Waals surface area contributed by atoms with Gasteiger partial charge in [0.1, 0.15) is 0 Å². The zero-order valence-electron chi connectivity index (χ0n) is 17.9. The first-order valence-corrected chi connectivity index (χ1v) is 10.4. The van der Waals surface area contributed by atoms with Gasteiger partial charge < -0.3 is 5.32 Å². The van der Waals surface area contributed by atoms with Crippen LogP contribution in [0.15, 0.2) is 79.3 Å². The summed E-state index contributed by atoms with van der Waals surface area (Å²) in [5.41, 5.74) is 4.11. The molecule has 5 aromatic rings. The van der Waals surface area contributed by atoms with Gasteiger partial charge in [-0.2, -0.15) is 10.2 Å². The number of benzene rings is 2. The molecule has 0 atom stereocenters. The Morgan fingerprint density at radius 2 is 1.88 bits per heavy atom. The van der Waals surface area contributed by atoms with Gasteiger partial charge in [-0.15, -0.1) is 15.0 Å². The SMILES string of the molecule is Cc1cccc(Cn2cc(NC(=O)c3ccn(Cn4nnc(-c5ccccc5)n4)n3)cn2)c1. The van der Waals surface area contributed by atoms with Crippen molar-refractivity contribution in [1.82, 2.24) is 39.8 Å². The molecule has 0 spiro atoms. The highest BCUT2D eigenvalue weighted by Gasteiger charge is 2.12. The average molecular weight is 439 g/mol. The molecule has 0 aliphatic carbocycles. The molecule has 10 heteroatoms. The molecule has 0 bridgehead atoms. The Hall–Kier alpha value is -4.60. The smallest absolute Gasteiger partial charge is 0.276 e. The lowest BCUT2D eigenvalue weighted by molar-refractivity contribution is 0.102. The number of aryl methyl sites for hydroxylation is 1. The maximum Gasteiger partial charge on any atom is 0.276 e. The van der Waals surface area contributed by atoms with Gasteiger partial charge in [0, 0.05) is 18.0 Å². The number of aromatic nitrogens is 8. The number of hydrogen-bond donors (Lipinski definition) is 1. The van der Waals surface area contributed by atoms with Crippen LogP contribution in [0, 0.1) is 6.92 Å². The van der Waals surface area contributed by atoms with E-state index in [0.717, 1.165) is 11.1 Å². The Kier molecular flexibility index (Phi) is 5.46. The van der Waals surface area contributed by atoms with E-state index >= 15 is 0 Å². The highest BCUT2D eigenvalue weighted by atomic mass is 16.2. The number of tetrazole rings is 1. The first kappa shape index (κ1) is 20.3. The van der Waals surface area contributed by atoms with E-state index in [0.29, 0.717) is 18.1 Å². The van der Waals surface area contributed by atoms with Crippen molar-refractivity contribution in [2.75, 3.05) is 5.32 Å². The summed E-state index contributed by atoms with van der Waals surface area (Å²) >= 11 is 0. The van der Waals surface area contributed by atoms with Crippen molar-refractivity contribution in [3.63, 3.8) is 0 Å². The topological polar surface area (TPSA) is 108 Å². The molecule has 0 unspecified atom stereocenters. The van der Waals surface area contributed by atoms with Crippen LogP contribution in [0.25, 0.3) is 11.4 Å². The predicted octanol–water partition coefficient (Wildman–Crippen LogP) is 2.85. The van der Waals surface area contributed by atoms with Crippen LogP contribution in [0.2, 0.25) is 0 Å². The quantitative estimate of drug-likeness (QED) is 0.418. The highest BCUT2D eigenvalue weighted by Crippen LogP contribution is 2.13. The van der Waals surface area contributed by atoms with Gasteiger partial charge in [-0.05, 0) is 23.8 Å². The molecule has 0 radical (unpaired) electrons. The average Bonchev–Trinajstić information content (AvgIpc) is 3.57. The van der Waals surface area contributed by atoms with Crippen LogP contribution >= 0.6 is 0 Å². The summed E-state index contributed by atoms with van der Waals surface area (Å²) in [6, 6.07) is 19.5. The minimum atomic E-state index is -0.319. The molecule has 0 fully saturated rings. The summed E-state index contributed by atoms with van der Waals surface area (Å²) in [4.78, 5) is 14.0. The third-order valence-corrected chi connectivity index (χ3v) is 4.95. The fourth-order valence-corrected chi connectivity index (χ4v) is 3.40. The molecule has 1 amide bonds. The van der Waals surface area contributed by atoms with Crippen molar-refractivity contribution in [2.45, 2.75) is 20.1 Å². The summed E-state index contributed by atoms with van der Waals surface area (Å²) in [6.07, 6.45) is 5.11. The van der Waals surface area contributed by atoms with E-state index < -0.39 is 0 Å². The summed E-state index contributed by atoms with van der Waals surface area (Å²) < 4.78 is 3.36. The Bertz CT molecular complexity index is 1380. The van der Waals surface area contributed by atoms with E-state index in [9.17, 15) is 4.79 Å². The number of anilines is 1. The van der Waals surface area contributed by atoms with Gasteiger partial charge in [0.05, 0.1) is 18.4 Å². The largest absolute Gasteiger partial charge is 0.318 e. The normalized spacial score (nSPS) is 10.9. The molecule has 0 saturated heterocycles. The zero-order valence-corrected chi connectivity index (χ0v) is 17.9. The second-order valence-electron chi connectivity index (χ2n) is 7.60. The minimum absolute atomic E-state index is 0.238. The van der Waals surface area contributed by atoms with Crippen molar-refractivity contribution >= 4 is 11.6 Å². The molecule has 0 saturated carbocycles. The van der Waals surface area contributed by atoms with Crippen molar-refractivity contribution in [3.05, 3.63) is 96.1 Å². The van der Waals surface area contributed by atoms with Crippen LogP contribution in [0.4, 0.5) is 5.69 Å². The van der Waals surface area contributed by atoms with E-state index in [4.69, 9.17) is 0 Å². The van der Waals surface area contributed by atoms with Gasteiger partial charge in [-0.1, -0.05) is 60.2 Å². The van der Waals surface area contributed by atoms with Crippen LogP contribution < -0.4 is 5.32 Å². The molecule has 0 aliphatic rings. The number of amides is 1. The van der Waals surface area contributed by atoms with E-state index in [-0.39, 0.29) is 18.3 Å². The Morgan fingerprint density at radius 3 is 2.73 bits per heavy atom. The minimum Gasteiger partial charge on any atom is -0.318 e. The maximum absolute atomic E-state index is 12.6. The second-order valence-corrected chi connectivity index (χ2v) is 7.60. The Balaban J connectivity index is 1.20. The summed E-state index contributed by atoms with van der Waals surface area (Å²) in [6.45, 7) is 2.92. The Morgan fingerprint density at radius 1 is 1.00 bits per heavy atom. The van der Waals surface area contributed by atoms with Crippen LogP contribution in [0.3, 0.4) is 0 Å². The lowest BCUT2D eigenvalue weighted by Crippen LogP contribution is -2.15. The van der Waals surface area contributed by atoms with E-state index in [1.165, 1.54) is 10.4 Å². The molecule has 164 valence electrons. The zero-order chi connectivity index (χ0) is 22.6. The lowest BCUT2D eigenvalue weighted by Gasteiger charge is -2.03. The number of carbonyl (C=O) groups excluding carboxylic acids is 1. The molecule has 2 aromatic carbocycles. The Labute approximate surface area is 189 Å². The predicted molar refractivity (Wildman–Crippen MR) is 121 cm³/mol. The van der Waals surface area contributed by atoms with Gasteiger partial charge in [0.25, 0.3) is 5.91 Å².